The van der Waals surface area contributed by atoms with Crippen molar-refractivity contribution in [3.8, 4) is 0 Å². The Labute approximate surface area is 75.7 Å². The summed E-state index contributed by atoms with van der Waals surface area (Å²) in [6.45, 7) is 4.23. The van der Waals surface area contributed by atoms with E-state index in [0.717, 1.165) is 0 Å². The summed E-state index contributed by atoms with van der Waals surface area (Å²) in [6.07, 6.45) is -0.688. The van der Waals surface area contributed by atoms with Crippen LogP contribution >= 0.6 is 23.2 Å². The molecule has 0 aliphatic carbocycles. The first-order valence-electron chi connectivity index (χ1n) is 3.31. The van der Waals surface area contributed by atoms with Gasteiger partial charge in [-0.15, -0.1) is 0 Å². The maximum atomic E-state index is 9.54. The summed E-state index contributed by atoms with van der Waals surface area (Å²) in [5.41, 5.74) is -0.287. The summed E-state index contributed by atoms with van der Waals surface area (Å²) < 4.78 is 5.12. The number of ether oxygens (including phenoxy) is 1. The molecule has 0 saturated carbocycles. The maximum Gasteiger partial charge on any atom is 0.155 e. The standard InChI is InChI=1S/C7H10Cl2O2/c1-7(2)3-11-4(5(7)10)6(8)9/h5,10H,3H2,1-2H3. The number of rotatable bonds is 0. The minimum absolute atomic E-state index is 0.0167. The third-order valence-electron chi connectivity index (χ3n) is 1.77. The summed E-state index contributed by atoms with van der Waals surface area (Å²) >= 11 is 10.9. The van der Waals surface area contributed by atoms with Gasteiger partial charge in [0.25, 0.3) is 0 Å². The predicted octanol–water partition coefficient (Wildman–Crippen LogP) is 2.05. The molecule has 1 rings (SSSR count). The molecular weight excluding hydrogens is 187 g/mol. The van der Waals surface area contributed by atoms with Gasteiger partial charge in [-0.05, 0) is 0 Å². The highest BCUT2D eigenvalue weighted by Gasteiger charge is 2.40. The van der Waals surface area contributed by atoms with Gasteiger partial charge in [0.15, 0.2) is 5.76 Å². The predicted molar refractivity (Wildman–Crippen MR) is 44.5 cm³/mol. The molecule has 0 radical (unpaired) electrons. The Bertz CT molecular complexity index is 195. The topological polar surface area (TPSA) is 29.5 Å². The van der Waals surface area contributed by atoms with Gasteiger partial charge in [0.2, 0.25) is 0 Å². The Morgan fingerprint density at radius 1 is 1.64 bits per heavy atom. The molecule has 0 spiro atoms. The zero-order valence-electron chi connectivity index (χ0n) is 6.40. The quantitative estimate of drug-likeness (QED) is 0.643. The Kier molecular flexibility index (Phi) is 2.37. The molecule has 11 heavy (non-hydrogen) atoms. The van der Waals surface area contributed by atoms with Crippen molar-refractivity contribution in [2.24, 2.45) is 5.41 Å². The second-order valence-corrected chi connectivity index (χ2v) is 4.25. The van der Waals surface area contributed by atoms with Crippen LogP contribution in [0.3, 0.4) is 0 Å². The molecule has 64 valence electrons. The second-order valence-electron chi connectivity index (χ2n) is 3.30. The first-order valence-corrected chi connectivity index (χ1v) is 4.07. The van der Waals surface area contributed by atoms with Gasteiger partial charge in [0.1, 0.15) is 10.6 Å². The minimum Gasteiger partial charge on any atom is -0.492 e. The molecule has 0 aromatic rings. The van der Waals surface area contributed by atoms with Gasteiger partial charge < -0.3 is 9.84 Å². The Morgan fingerprint density at radius 2 is 2.18 bits per heavy atom. The van der Waals surface area contributed by atoms with Crippen molar-refractivity contribution >= 4 is 23.2 Å². The fourth-order valence-electron chi connectivity index (χ4n) is 0.934. The van der Waals surface area contributed by atoms with Crippen molar-refractivity contribution in [2.75, 3.05) is 6.61 Å². The van der Waals surface area contributed by atoms with Gasteiger partial charge >= 0.3 is 0 Å². The molecule has 1 saturated heterocycles. The van der Waals surface area contributed by atoms with Crippen LogP contribution in [0.25, 0.3) is 0 Å². The van der Waals surface area contributed by atoms with Gasteiger partial charge in [-0.1, -0.05) is 37.0 Å². The highest BCUT2D eigenvalue weighted by atomic mass is 35.5. The smallest absolute Gasteiger partial charge is 0.155 e. The number of aliphatic hydroxyl groups is 1. The van der Waals surface area contributed by atoms with Crippen molar-refractivity contribution in [3.63, 3.8) is 0 Å². The van der Waals surface area contributed by atoms with Crippen LogP contribution in [-0.4, -0.2) is 17.8 Å². The molecule has 0 aromatic carbocycles. The third kappa shape index (κ3) is 1.63. The first-order chi connectivity index (χ1) is 4.95. The fourth-order valence-corrected chi connectivity index (χ4v) is 1.25. The molecular formula is C7H10Cl2O2. The van der Waals surface area contributed by atoms with Crippen LogP contribution < -0.4 is 0 Å². The average molecular weight is 197 g/mol. The molecule has 4 heteroatoms. The zero-order valence-corrected chi connectivity index (χ0v) is 7.91. The Balaban J connectivity index is 2.88. The van der Waals surface area contributed by atoms with Gasteiger partial charge in [-0.3, -0.25) is 0 Å². The molecule has 1 aliphatic heterocycles. The molecule has 1 atom stereocenters. The van der Waals surface area contributed by atoms with Crippen molar-refractivity contribution in [3.05, 3.63) is 10.3 Å². The normalized spacial score (nSPS) is 28.5. The lowest BCUT2D eigenvalue weighted by Gasteiger charge is -2.17. The Morgan fingerprint density at radius 3 is 2.36 bits per heavy atom. The van der Waals surface area contributed by atoms with Crippen molar-refractivity contribution < 1.29 is 9.84 Å². The average Bonchev–Trinajstić information content (AvgIpc) is 2.09. The van der Waals surface area contributed by atoms with Crippen LogP contribution in [0.2, 0.25) is 0 Å². The van der Waals surface area contributed by atoms with Crippen molar-refractivity contribution in [2.45, 2.75) is 20.0 Å². The molecule has 0 amide bonds. The molecule has 2 nitrogen and oxygen atoms in total. The lowest BCUT2D eigenvalue weighted by Crippen LogP contribution is -2.25. The van der Waals surface area contributed by atoms with Crippen molar-refractivity contribution in [1.29, 1.82) is 0 Å². The number of halogens is 2. The van der Waals surface area contributed by atoms with Crippen LogP contribution in [0.15, 0.2) is 10.3 Å². The number of hydrogen-bond acceptors (Lipinski definition) is 2. The zero-order chi connectivity index (χ0) is 8.65. The summed E-state index contributed by atoms with van der Waals surface area (Å²) in [7, 11) is 0. The van der Waals surface area contributed by atoms with Crippen LogP contribution in [0.4, 0.5) is 0 Å². The molecule has 0 aromatic heterocycles. The van der Waals surface area contributed by atoms with Gasteiger partial charge in [-0.25, -0.2) is 0 Å². The largest absolute Gasteiger partial charge is 0.492 e. The van der Waals surface area contributed by atoms with Crippen LogP contribution in [0, 0.1) is 5.41 Å². The van der Waals surface area contributed by atoms with E-state index in [4.69, 9.17) is 27.9 Å². The number of hydrogen-bond donors (Lipinski definition) is 1. The fraction of sp³-hybridized carbons (Fsp3) is 0.714. The minimum atomic E-state index is -0.688. The summed E-state index contributed by atoms with van der Waals surface area (Å²) in [5, 5.41) is 9.54. The van der Waals surface area contributed by atoms with E-state index >= 15 is 0 Å². The molecule has 0 bridgehead atoms. The number of aliphatic hydroxyl groups excluding tert-OH is 1. The van der Waals surface area contributed by atoms with E-state index in [2.05, 4.69) is 0 Å². The van der Waals surface area contributed by atoms with Gasteiger partial charge in [0, 0.05) is 5.41 Å². The second kappa shape index (κ2) is 2.85. The van der Waals surface area contributed by atoms with E-state index in [1.54, 1.807) is 0 Å². The van der Waals surface area contributed by atoms with E-state index < -0.39 is 6.10 Å². The van der Waals surface area contributed by atoms with Crippen LogP contribution in [0.1, 0.15) is 13.8 Å². The van der Waals surface area contributed by atoms with E-state index in [-0.39, 0.29) is 9.91 Å². The molecule has 1 unspecified atom stereocenters. The monoisotopic (exact) mass is 196 g/mol. The van der Waals surface area contributed by atoms with Crippen LogP contribution in [-0.2, 0) is 4.74 Å². The lowest BCUT2D eigenvalue weighted by atomic mass is 9.89. The summed E-state index contributed by atoms with van der Waals surface area (Å²) in [5.74, 6) is 0.290. The third-order valence-corrected chi connectivity index (χ3v) is 2.15. The first kappa shape index (κ1) is 9.17. The molecule has 1 heterocycles. The van der Waals surface area contributed by atoms with Crippen molar-refractivity contribution in [1.82, 2.24) is 0 Å². The van der Waals surface area contributed by atoms with Gasteiger partial charge in [-0.2, -0.15) is 0 Å². The van der Waals surface area contributed by atoms with E-state index in [9.17, 15) is 5.11 Å². The highest BCUT2D eigenvalue weighted by Crippen LogP contribution is 2.37. The molecule has 1 fully saturated rings. The Hall–Kier alpha value is 0.0800. The lowest BCUT2D eigenvalue weighted by molar-refractivity contribution is 0.111. The van der Waals surface area contributed by atoms with E-state index in [1.807, 2.05) is 13.8 Å². The van der Waals surface area contributed by atoms with Crippen LogP contribution in [0.5, 0.6) is 0 Å². The highest BCUT2D eigenvalue weighted by molar-refractivity contribution is 6.56. The SMILES string of the molecule is CC1(C)COC(=C(Cl)Cl)C1O. The maximum absolute atomic E-state index is 9.54. The van der Waals surface area contributed by atoms with Gasteiger partial charge in [0.05, 0.1) is 6.61 Å². The van der Waals surface area contributed by atoms with E-state index in [1.165, 1.54) is 0 Å². The van der Waals surface area contributed by atoms with E-state index in [0.29, 0.717) is 12.4 Å². The summed E-state index contributed by atoms with van der Waals surface area (Å²) in [4.78, 5) is 0. The summed E-state index contributed by atoms with van der Waals surface area (Å²) in [6, 6.07) is 0. The molecule has 1 N–H and O–H groups in total. The molecule has 1 aliphatic rings.